The maximum absolute atomic E-state index is 11.0. The summed E-state index contributed by atoms with van der Waals surface area (Å²) in [5.74, 6) is 1.54. The zero-order chi connectivity index (χ0) is 9.03. The quantitative estimate of drug-likeness (QED) is 0.667. The summed E-state index contributed by atoms with van der Waals surface area (Å²) in [5, 5.41) is 0. The lowest BCUT2D eigenvalue weighted by molar-refractivity contribution is 0.297. The van der Waals surface area contributed by atoms with Crippen molar-refractivity contribution in [1.82, 2.24) is 4.90 Å². The summed E-state index contributed by atoms with van der Waals surface area (Å²) in [5.41, 5.74) is 0. The number of rotatable bonds is 3. The zero-order valence-electron chi connectivity index (χ0n) is 7.07. The van der Waals surface area contributed by atoms with Gasteiger partial charge in [-0.05, 0) is 18.7 Å². The highest BCUT2D eigenvalue weighted by molar-refractivity contribution is 7.91. The van der Waals surface area contributed by atoms with Crippen LogP contribution in [0.3, 0.4) is 0 Å². The minimum absolute atomic E-state index is 0.333. The smallest absolute Gasteiger partial charge is 0.152 e. The Morgan fingerprint density at radius 2 is 1.83 bits per heavy atom. The third-order valence-electron chi connectivity index (χ3n) is 2.07. The fourth-order valence-corrected chi connectivity index (χ4v) is 2.69. The molecule has 0 aromatic rings. The van der Waals surface area contributed by atoms with Crippen LogP contribution in [0.4, 0.5) is 0 Å². The second-order valence-corrected chi connectivity index (χ2v) is 5.82. The van der Waals surface area contributed by atoms with Gasteiger partial charge in [0.15, 0.2) is 9.84 Å². The Hall–Kier alpha value is 0.260. The highest BCUT2D eigenvalue weighted by Gasteiger charge is 2.20. The van der Waals surface area contributed by atoms with Gasteiger partial charge in [-0.3, -0.25) is 0 Å². The highest BCUT2D eigenvalue weighted by Crippen LogP contribution is 2.04. The van der Waals surface area contributed by atoms with Crippen molar-refractivity contribution in [2.24, 2.45) is 0 Å². The highest BCUT2D eigenvalue weighted by atomic mass is 32.2. The van der Waals surface area contributed by atoms with Gasteiger partial charge in [0.2, 0.25) is 0 Å². The van der Waals surface area contributed by atoms with E-state index in [0.717, 1.165) is 18.7 Å². The number of sulfone groups is 1. The number of nitrogens with zero attached hydrogens (tertiary/aromatic N) is 1. The van der Waals surface area contributed by atoms with Gasteiger partial charge in [-0.1, -0.05) is 0 Å². The number of hydrogen-bond donors (Lipinski definition) is 1. The molecule has 0 aromatic carbocycles. The first-order valence-corrected chi connectivity index (χ1v) is 6.63. The Kier molecular flexibility index (Phi) is 3.86. The minimum atomic E-state index is -2.70. The molecule has 0 aromatic heterocycles. The fourth-order valence-electron chi connectivity index (χ4n) is 1.27. The van der Waals surface area contributed by atoms with Crippen molar-refractivity contribution in [3.05, 3.63) is 0 Å². The van der Waals surface area contributed by atoms with Crippen molar-refractivity contribution in [2.75, 3.05) is 36.9 Å². The summed E-state index contributed by atoms with van der Waals surface area (Å²) < 4.78 is 22.1. The molecule has 0 amide bonds. The van der Waals surface area contributed by atoms with E-state index in [1.165, 1.54) is 0 Å². The maximum Gasteiger partial charge on any atom is 0.152 e. The molecule has 1 aliphatic rings. The summed E-state index contributed by atoms with van der Waals surface area (Å²) in [6.45, 7) is 2.39. The van der Waals surface area contributed by atoms with E-state index in [9.17, 15) is 8.42 Å². The second kappa shape index (κ2) is 4.48. The van der Waals surface area contributed by atoms with E-state index in [4.69, 9.17) is 0 Å². The van der Waals surface area contributed by atoms with Crippen molar-refractivity contribution in [3.8, 4) is 0 Å². The van der Waals surface area contributed by atoms with Crippen LogP contribution in [0.1, 0.15) is 6.42 Å². The van der Waals surface area contributed by atoms with Gasteiger partial charge in [-0.25, -0.2) is 8.42 Å². The summed E-state index contributed by atoms with van der Waals surface area (Å²) in [6.07, 6.45) is 1.04. The molecule has 12 heavy (non-hydrogen) atoms. The predicted molar refractivity (Wildman–Crippen MR) is 53.6 cm³/mol. The van der Waals surface area contributed by atoms with E-state index in [-0.39, 0.29) is 0 Å². The maximum atomic E-state index is 11.0. The average Bonchev–Trinajstić information content (AvgIpc) is 2.03. The van der Waals surface area contributed by atoms with Crippen molar-refractivity contribution in [2.45, 2.75) is 6.42 Å². The summed E-state index contributed by atoms with van der Waals surface area (Å²) in [6, 6.07) is 0. The first-order valence-electron chi connectivity index (χ1n) is 4.18. The van der Waals surface area contributed by atoms with Gasteiger partial charge >= 0.3 is 0 Å². The van der Waals surface area contributed by atoms with Crippen LogP contribution in [-0.2, 0) is 9.84 Å². The van der Waals surface area contributed by atoms with Crippen molar-refractivity contribution in [1.29, 1.82) is 0 Å². The van der Waals surface area contributed by atoms with Crippen LogP contribution in [-0.4, -0.2) is 50.2 Å². The third kappa shape index (κ3) is 3.33. The molecule has 0 saturated carbocycles. The summed E-state index contributed by atoms with van der Waals surface area (Å²) in [7, 11) is -2.70. The minimum Gasteiger partial charge on any atom is -0.301 e. The van der Waals surface area contributed by atoms with Gasteiger partial charge in [0.25, 0.3) is 0 Å². The molecule has 72 valence electrons. The lowest BCUT2D eigenvalue weighted by Gasteiger charge is -2.25. The van der Waals surface area contributed by atoms with Crippen molar-refractivity contribution >= 4 is 22.5 Å². The van der Waals surface area contributed by atoms with E-state index in [1.54, 1.807) is 0 Å². The van der Waals surface area contributed by atoms with E-state index >= 15 is 0 Å². The molecule has 5 heteroatoms. The zero-order valence-corrected chi connectivity index (χ0v) is 8.78. The van der Waals surface area contributed by atoms with Gasteiger partial charge < -0.3 is 4.90 Å². The molecule has 0 spiro atoms. The molecule has 3 nitrogen and oxygen atoms in total. The lowest BCUT2D eigenvalue weighted by atomic mass is 10.4. The largest absolute Gasteiger partial charge is 0.301 e. The van der Waals surface area contributed by atoms with Crippen LogP contribution in [0.25, 0.3) is 0 Å². The monoisotopic (exact) mass is 209 g/mol. The van der Waals surface area contributed by atoms with Crippen molar-refractivity contribution in [3.63, 3.8) is 0 Å². The Morgan fingerprint density at radius 3 is 2.33 bits per heavy atom. The van der Waals surface area contributed by atoms with E-state index in [1.807, 2.05) is 0 Å². The van der Waals surface area contributed by atoms with Crippen LogP contribution in [0, 0.1) is 0 Å². The van der Waals surface area contributed by atoms with Gasteiger partial charge in [0, 0.05) is 13.1 Å². The molecule has 0 atom stereocenters. The average molecular weight is 209 g/mol. The first kappa shape index (κ1) is 10.3. The Bertz CT molecular complexity index is 212. The lowest BCUT2D eigenvalue weighted by Crippen LogP contribution is -2.40. The van der Waals surface area contributed by atoms with Crippen LogP contribution in [0.5, 0.6) is 0 Å². The molecular weight excluding hydrogens is 194 g/mol. The molecule has 0 aliphatic carbocycles. The first-order chi connectivity index (χ1) is 5.64. The molecule has 1 fully saturated rings. The summed E-state index contributed by atoms with van der Waals surface area (Å²) >= 11 is 4.11. The van der Waals surface area contributed by atoms with Gasteiger partial charge in [-0.15, -0.1) is 0 Å². The van der Waals surface area contributed by atoms with Crippen LogP contribution >= 0.6 is 12.6 Å². The predicted octanol–water partition coefficient (Wildman–Crippen LogP) is 0.0367. The molecule has 1 heterocycles. The fraction of sp³-hybridized carbons (Fsp3) is 1.00. The van der Waals surface area contributed by atoms with Crippen LogP contribution < -0.4 is 0 Å². The molecule has 1 aliphatic heterocycles. The number of hydrogen-bond acceptors (Lipinski definition) is 4. The Balaban J connectivity index is 2.27. The SMILES string of the molecule is O=S1(=O)CCN(CCCS)CC1. The van der Waals surface area contributed by atoms with Gasteiger partial charge in [0.05, 0.1) is 11.5 Å². The normalized spacial score (nSPS) is 24.1. The standard InChI is InChI=1S/C7H15NO2S2/c9-12(10)6-3-8(4-7-12)2-1-5-11/h11H,1-7H2. The molecule has 0 N–H and O–H groups in total. The molecule has 1 saturated heterocycles. The van der Waals surface area contributed by atoms with Crippen LogP contribution in [0.2, 0.25) is 0 Å². The van der Waals surface area contributed by atoms with Gasteiger partial charge in [-0.2, -0.15) is 12.6 Å². The second-order valence-electron chi connectivity index (χ2n) is 3.07. The Labute approximate surface area is 79.5 Å². The topological polar surface area (TPSA) is 37.4 Å². The van der Waals surface area contributed by atoms with E-state index in [2.05, 4.69) is 17.5 Å². The van der Waals surface area contributed by atoms with Crippen molar-refractivity contribution < 1.29 is 8.42 Å². The molecule has 0 unspecified atom stereocenters. The molecular formula is C7H15NO2S2. The Morgan fingerprint density at radius 1 is 1.25 bits per heavy atom. The third-order valence-corrected chi connectivity index (χ3v) is 3.99. The van der Waals surface area contributed by atoms with E-state index in [0.29, 0.717) is 24.6 Å². The van der Waals surface area contributed by atoms with E-state index < -0.39 is 9.84 Å². The van der Waals surface area contributed by atoms with Crippen LogP contribution in [0.15, 0.2) is 0 Å². The molecule has 0 radical (unpaired) electrons. The molecule has 0 bridgehead atoms. The number of thiol groups is 1. The van der Waals surface area contributed by atoms with Gasteiger partial charge in [0.1, 0.15) is 0 Å². The summed E-state index contributed by atoms with van der Waals surface area (Å²) in [4.78, 5) is 2.19. The molecule has 1 rings (SSSR count).